The number of para-hydroxylation sites is 1. The van der Waals surface area contributed by atoms with Gasteiger partial charge in [0.15, 0.2) is 24.7 Å². The highest BCUT2D eigenvalue weighted by Gasteiger charge is 2.11. The van der Waals surface area contributed by atoms with E-state index in [1.165, 1.54) is 6.20 Å². The fourth-order valence-electron chi connectivity index (χ4n) is 1.70. The Hall–Kier alpha value is -2.93. The first kappa shape index (κ1) is 17.4. The van der Waals surface area contributed by atoms with Gasteiger partial charge in [-0.15, -0.1) is 0 Å². The van der Waals surface area contributed by atoms with Gasteiger partial charge in [-0.2, -0.15) is 0 Å². The van der Waals surface area contributed by atoms with Gasteiger partial charge in [0.05, 0.1) is 11.3 Å². The van der Waals surface area contributed by atoms with Crippen molar-refractivity contribution < 1.29 is 23.9 Å². The Morgan fingerprint density at radius 1 is 1.17 bits per heavy atom. The Morgan fingerprint density at radius 3 is 2.71 bits per heavy atom. The van der Waals surface area contributed by atoms with Gasteiger partial charge in [-0.05, 0) is 24.3 Å². The molecule has 1 N–H and O–H groups in total. The number of nitrogens with zero attached hydrogens (tertiary/aromatic N) is 1. The Bertz CT molecular complexity index is 751. The summed E-state index contributed by atoms with van der Waals surface area (Å²) in [6.07, 6.45) is 2.10. The monoisotopic (exact) mass is 348 g/mol. The summed E-state index contributed by atoms with van der Waals surface area (Å²) in [6, 6.07) is 9.61. The number of aromatic nitrogens is 1. The summed E-state index contributed by atoms with van der Waals surface area (Å²) in [7, 11) is 0. The highest BCUT2D eigenvalue weighted by atomic mass is 35.5. The van der Waals surface area contributed by atoms with Crippen LogP contribution < -0.4 is 10.1 Å². The number of halogens is 1. The number of hydrogen-bond donors (Lipinski definition) is 1. The maximum absolute atomic E-state index is 11.7. The molecule has 2 aromatic rings. The van der Waals surface area contributed by atoms with Crippen LogP contribution in [0.2, 0.25) is 5.15 Å². The van der Waals surface area contributed by atoms with Crippen LogP contribution in [0, 0.1) is 0 Å². The zero-order valence-corrected chi connectivity index (χ0v) is 13.2. The van der Waals surface area contributed by atoms with Crippen molar-refractivity contribution in [1.29, 1.82) is 0 Å². The highest BCUT2D eigenvalue weighted by molar-refractivity contribution is 6.32. The summed E-state index contributed by atoms with van der Waals surface area (Å²) in [4.78, 5) is 37.9. The smallest absolute Gasteiger partial charge is 0.344 e. The molecule has 0 unspecified atom stereocenters. The predicted octanol–water partition coefficient (Wildman–Crippen LogP) is 2.11. The zero-order valence-electron chi connectivity index (χ0n) is 12.4. The van der Waals surface area contributed by atoms with Gasteiger partial charge in [-0.25, -0.2) is 9.78 Å². The molecule has 0 aliphatic rings. The van der Waals surface area contributed by atoms with Crippen molar-refractivity contribution in [3.8, 4) is 5.75 Å². The lowest BCUT2D eigenvalue weighted by Gasteiger charge is -2.09. The molecular weight excluding hydrogens is 336 g/mol. The number of benzene rings is 1. The van der Waals surface area contributed by atoms with E-state index in [9.17, 15) is 14.4 Å². The molecule has 0 saturated carbocycles. The topological polar surface area (TPSA) is 94.6 Å². The number of carbonyl (C=O) groups excluding carboxylic acids is 3. The van der Waals surface area contributed by atoms with Crippen LogP contribution in [0.5, 0.6) is 5.75 Å². The summed E-state index contributed by atoms with van der Waals surface area (Å²) >= 11 is 5.80. The molecule has 0 aliphatic carbocycles. The SMILES string of the molecule is O=Cc1ccccc1OCC(=O)OCC(=O)Nc1cccnc1Cl. The molecule has 0 aliphatic heterocycles. The highest BCUT2D eigenvalue weighted by Crippen LogP contribution is 2.17. The molecular formula is C16H13ClN2O5. The molecule has 0 atom stereocenters. The molecule has 0 fully saturated rings. The molecule has 1 aromatic carbocycles. The van der Waals surface area contributed by atoms with E-state index in [2.05, 4.69) is 10.3 Å². The van der Waals surface area contributed by atoms with Crippen LogP contribution in [0.15, 0.2) is 42.6 Å². The van der Waals surface area contributed by atoms with Crippen molar-refractivity contribution in [3.05, 3.63) is 53.3 Å². The van der Waals surface area contributed by atoms with Crippen LogP contribution in [-0.2, 0) is 14.3 Å². The minimum absolute atomic E-state index is 0.131. The fourth-order valence-corrected chi connectivity index (χ4v) is 1.87. The maximum Gasteiger partial charge on any atom is 0.344 e. The summed E-state index contributed by atoms with van der Waals surface area (Å²) in [6.45, 7) is -0.922. The lowest BCUT2D eigenvalue weighted by atomic mass is 10.2. The quantitative estimate of drug-likeness (QED) is 0.468. The van der Waals surface area contributed by atoms with Gasteiger partial charge in [0.25, 0.3) is 5.91 Å². The van der Waals surface area contributed by atoms with E-state index in [1.807, 2.05) is 0 Å². The van der Waals surface area contributed by atoms with E-state index in [0.29, 0.717) is 17.5 Å². The van der Waals surface area contributed by atoms with Crippen molar-refractivity contribution in [2.45, 2.75) is 0 Å². The molecule has 1 amide bonds. The molecule has 124 valence electrons. The third-order valence-corrected chi connectivity index (χ3v) is 3.09. The van der Waals surface area contributed by atoms with Crippen LogP contribution in [0.4, 0.5) is 5.69 Å². The second-order valence-corrected chi connectivity index (χ2v) is 4.85. The van der Waals surface area contributed by atoms with E-state index < -0.39 is 25.1 Å². The van der Waals surface area contributed by atoms with E-state index in [-0.39, 0.29) is 10.9 Å². The number of hydrogen-bond acceptors (Lipinski definition) is 6. The summed E-state index contributed by atoms with van der Waals surface area (Å²) < 4.78 is 9.97. The number of ether oxygens (including phenoxy) is 2. The minimum atomic E-state index is -0.747. The van der Waals surface area contributed by atoms with E-state index >= 15 is 0 Å². The summed E-state index contributed by atoms with van der Waals surface area (Å²) in [5.74, 6) is -1.05. The van der Waals surface area contributed by atoms with E-state index in [0.717, 1.165) is 0 Å². The van der Waals surface area contributed by atoms with Crippen molar-refractivity contribution in [3.63, 3.8) is 0 Å². The van der Waals surface area contributed by atoms with Crippen molar-refractivity contribution in [2.75, 3.05) is 18.5 Å². The van der Waals surface area contributed by atoms with Gasteiger partial charge in [0.1, 0.15) is 5.75 Å². The number of rotatable bonds is 7. The van der Waals surface area contributed by atoms with Crippen LogP contribution in [0.3, 0.4) is 0 Å². The van der Waals surface area contributed by atoms with Crippen molar-refractivity contribution in [1.82, 2.24) is 4.98 Å². The lowest BCUT2D eigenvalue weighted by molar-refractivity contribution is -0.149. The van der Waals surface area contributed by atoms with Crippen LogP contribution >= 0.6 is 11.6 Å². The molecule has 2 rings (SSSR count). The Kier molecular flexibility index (Phi) is 6.27. The molecule has 7 nitrogen and oxygen atoms in total. The number of pyridine rings is 1. The molecule has 0 spiro atoms. The van der Waals surface area contributed by atoms with Gasteiger partial charge in [-0.3, -0.25) is 9.59 Å². The lowest BCUT2D eigenvalue weighted by Crippen LogP contribution is -2.24. The van der Waals surface area contributed by atoms with Gasteiger partial charge >= 0.3 is 5.97 Å². The first-order valence-corrected chi connectivity index (χ1v) is 7.21. The average Bonchev–Trinajstić information content (AvgIpc) is 2.60. The Balaban J connectivity index is 1.78. The number of carbonyl (C=O) groups is 3. The standard InChI is InChI=1S/C16H13ClN2O5/c17-16-12(5-3-7-18-16)19-14(21)9-24-15(22)10-23-13-6-2-1-4-11(13)8-20/h1-8H,9-10H2,(H,19,21). The number of nitrogens with one attached hydrogen (secondary N) is 1. The zero-order chi connectivity index (χ0) is 17.4. The van der Waals surface area contributed by atoms with Crippen LogP contribution in [0.25, 0.3) is 0 Å². The summed E-state index contributed by atoms with van der Waals surface area (Å²) in [5, 5.41) is 2.59. The minimum Gasteiger partial charge on any atom is -0.481 e. The Morgan fingerprint density at radius 2 is 1.96 bits per heavy atom. The van der Waals surface area contributed by atoms with Gasteiger partial charge in [-0.1, -0.05) is 23.7 Å². The average molecular weight is 349 g/mol. The number of esters is 1. The first-order chi connectivity index (χ1) is 11.6. The molecule has 0 radical (unpaired) electrons. The molecule has 0 bridgehead atoms. The van der Waals surface area contributed by atoms with E-state index in [1.54, 1.807) is 36.4 Å². The van der Waals surface area contributed by atoms with Gasteiger partial charge in [0.2, 0.25) is 0 Å². The molecule has 8 heteroatoms. The number of aldehydes is 1. The summed E-state index contributed by atoms with van der Waals surface area (Å²) in [5.41, 5.74) is 0.630. The molecule has 24 heavy (non-hydrogen) atoms. The molecule has 1 aromatic heterocycles. The maximum atomic E-state index is 11.7. The second-order valence-electron chi connectivity index (χ2n) is 4.49. The van der Waals surface area contributed by atoms with Crippen molar-refractivity contribution >= 4 is 35.5 Å². The van der Waals surface area contributed by atoms with Crippen molar-refractivity contribution in [2.24, 2.45) is 0 Å². The first-order valence-electron chi connectivity index (χ1n) is 6.83. The Labute approximate surface area is 142 Å². The largest absolute Gasteiger partial charge is 0.481 e. The van der Waals surface area contributed by atoms with Gasteiger partial charge in [0, 0.05) is 6.20 Å². The molecule has 0 saturated heterocycles. The number of amides is 1. The second kappa shape index (κ2) is 8.64. The predicted molar refractivity (Wildman–Crippen MR) is 86.2 cm³/mol. The van der Waals surface area contributed by atoms with E-state index in [4.69, 9.17) is 21.1 Å². The van der Waals surface area contributed by atoms with Crippen LogP contribution in [-0.4, -0.2) is 36.4 Å². The third kappa shape index (κ3) is 5.06. The fraction of sp³-hybridized carbons (Fsp3) is 0.125. The van der Waals surface area contributed by atoms with Gasteiger partial charge < -0.3 is 14.8 Å². The van der Waals surface area contributed by atoms with Crippen LogP contribution in [0.1, 0.15) is 10.4 Å². The number of anilines is 1. The molecule has 1 heterocycles. The normalized spacial score (nSPS) is 9.88. The third-order valence-electron chi connectivity index (χ3n) is 2.79.